The van der Waals surface area contributed by atoms with E-state index in [1.807, 2.05) is 0 Å². The quantitative estimate of drug-likeness (QED) is 0.0132. The predicted octanol–water partition coefficient (Wildman–Crippen LogP) is -3.54. The maximum absolute atomic E-state index is 15.5. The maximum Gasteiger partial charge on any atom is 0.305 e. The van der Waals surface area contributed by atoms with Crippen molar-refractivity contribution in [1.82, 2.24) is 79.8 Å². The van der Waals surface area contributed by atoms with E-state index in [9.17, 15) is 77.6 Å². The Bertz CT molecular complexity index is 4160. The Hall–Kier alpha value is -12.7. The second kappa shape index (κ2) is 55.7. The Morgan fingerprint density at radius 1 is 0.500 bits per heavy atom. The number of carbonyl (C=O) groups is 19. The summed E-state index contributed by atoms with van der Waals surface area (Å²) in [6.45, 7) is 12.9. The summed E-state index contributed by atoms with van der Waals surface area (Å²) in [6, 6.07) is -2.89. The van der Waals surface area contributed by atoms with Gasteiger partial charge in [-0.3, -0.25) is 96.5 Å². The fourth-order valence-corrected chi connectivity index (χ4v) is 13.8. The third-order valence-electron chi connectivity index (χ3n) is 21.1. The number of carbonyl (C=O) groups excluding carboxylic acids is 17. The molecule has 1 aliphatic rings. The number of aliphatic hydroxyl groups is 1. The number of allylic oxidation sites excluding steroid dienone is 2. The highest BCUT2D eigenvalue weighted by Crippen LogP contribution is 2.23. The summed E-state index contributed by atoms with van der Waals surface area (Å²) in [5.41, 5.74) is 24.7. The fourth-order valence-electron chi connectivity index (χ4n) is 13.8. The van der Waals surface area contributed by atoms with Crippen molar-refractivity contribution in [3.05, 3.63) is 83.9 Å². The number of primary amides is 3. The van der Waals surface area contributed by atoms with Crippen molar-refractivity contribution in [3.8, 4) is 0 Å². The van der Waals surface area contributed by atoms with Gasteiger partial charge in [0.25, 0.3) is 0 Å². The Kier molecular flexibility index (Phi) is 47.6. The molecule has 0 radical (unpaired) electrons. The third kappa shape index (κ3) is 40.3. The highest BCUT2D eigenvalue weighted by atomic mass is 16.4. The Labute approximate surface area is 744 Å². The van der Waals surface area contributed by atoms with E-state index in [0.717, 1.165) is 6.92 Å². The van der Waals surface area contributed by atoms with E-state index < -0.39 is 259 Å². The molecule has 29 N–H and O–H groups in total. The number of carboxylic acid groups (broad SMARTS) is 2. The van der Waals surface area contributed by atoms with Gasteiger partial charge in [0.05, 0.1) is 19.4 Å². The van der Waals surface area contributed by atoms with E-state index in [0.29, 0.717) is 24.0 Å². The van der Waals surface area contributed by atoms with Crippen LogP contribution in [0.1, 0.15) is 202 Å². The maximum atomic E-state index is 15.5. The van der Waals surface area contributed by atoms with Gasteiger partial charge in [-0.15, -0.1) is 0 Å². The average Bonchev–Trinajstić information content (AvgIpc) is 0.864. The van der Waals surface area contributed by atoms with Gasteiger partial charge in [0.1, 0.15) is 83.6 Å². The zero-order valence-corrected chi connectivity index (χ0v) is 74.3. The zero-order valence-electron chi connectivity index (χ0n) is 74.3. The molecule has 3 rings (SSSR count). The van der Waals surface area contributed by atoms with Gasteiger partial charge in [-0.05, 0) is 146 Å². The molecule has 15 atom stereocenters. The van der Waals surface area contributed by atoms with Crippen LogP contribution in [0.15, 0.2) is 72.8 Å². The number of hydrogen-bond donors (Lipinski definition) is 24. The molecule has 1 aliphatic heterocycles. The first-order valence-corrected chi connectivity index (χ1v) is 42.9. The third-order valence-corrected chi connectivity index (χ3v) is 21.1. The van der Waals surface area contributed by atoms with Gasteiger partial charge < -0.3 is 124 Å². The van der Waals surface area contributed by atoms with Crippen LogP contribution in [0.2, 0.25) is 0 Å². The summed E-state index contributed by atoms with van der Waals surface area (Å²) in [5.74, 6) is -21.9. The van der Waals surface area contributed by atoms with E-state index in [4.69, 9.17) is 34.1 Å². The number of benzene rings is 2. The molecule has 2 aromatic carbocycles. The topological polar surface area (TPSA) is 719 Å². The summed E-state index contributed by atoms with van der Waals surface area (Å²) in [5, 5.41) is 76.8. The summed E-state index contributed by atoms with van der Waals surface area (Å²) in [6.07, 6.45) is -0.785. The van der Waals surface area contributed by atoms with Gasteiger partial charge >= 0.3 is 11.9 Å². The van der Waals surface area contributed by atoms with E-state index in [1.54, 1.807) is 114 Å². The molecule has 0 unspecified atom stereocenters. The second-order valence-corrected chi connectivity index (χ2v) is 33.3. The van der Waals surface area contributed by atoms with Crippen molar-refractivity contribution in [1.29, 1.82) is 5.41 Å². The first kappa shape index (κ1) is 109. The van der Waals surface area contributed by atoms with Crippen molar-refractivity contribution in [2.24, 2.45) is 46.4 Å². The van der Waals surface area contributed by atoms with Crippen LogP contribution in [0.25, 0.3) is 0 Å². The number of nitrogens with two attached hydrogens (primary N) is 5. The molecule has 0 spiro atoms. The largest absolute Gasteiger partial charge is 0.481 e. The highest BCUT2D eigenvalue weighted by molar-refractivity contribution is 6.02. The van der Waals surface area contributed by atoms with Gasteiger partial charge in [-0.2, -0.15) is 0 Å². The Morgan fingerprint density at radius 3 is 1.40 bits per heavy atom. The lowest BCUT2D eigenvalue weighted by atomic mass is 9.91. The zero-order chi connectivity index (χ0) is 96.1. The molecule has 128 heavy (non-hydrogen) atoms. The monoisotopic (exact) mass is 1800 g/mol. The van der Waals surface area contributed by atoms with Crippen molar-refractivity contribution in [3.63, 3.8) is 0 Å². The number of nitrogens with one attached hydrogen (secondary N) is 16. The molecule has 17 amide bonds. The molecule has 0 aromatic heterocycles. The lowest BCUT2D eigenvalue weighted by Crippen LogP contribution is -2.65. The highest BCUT2D eigenvalue weighted by Gasteiger charge is 2.44. The molecule has 0 bridgehead atoms. The van der Waals surface area contributed by atoms with Crippen molar-refractivity contribution < 1.29 is 106 Å². The Balaban J connectivity index is 2.24. The first-order valence-electron chi connectivity index (χ1n) is 42.9. The van der Waals surface area contributed by atoms with E-state index in [1.165, 1.54) is 13.8 Å². The molecule has 0 saturated carbocycles. The normalized spacial score (nSPS) is 19.7. The number of amides is 17. The molecule has 0 saturated heterocycles. The summed E-state index contributed by atoms with van der Waals surface area (Å²) in [4.78, 5) is 263. The van der Waals surface area contributed by atoms with E-state index in [-0.39, 0.29) is 109 Å². The number of hydrogen-bond acceptors (Lipinski definition) is 22. The van der Waals surface area contributed by atoms with Gasteiger partial charge in [-0.25, -0.2) is 0 Å². The molecular formula is C85H133N21O22. The van der Waals surface area contributed by atoms with Crippen LogP contribution in [-0.2, 0) is 104 Å². The smallest absolute Gasteiger partial charge is 0.305 e. The molecular weight excluding hydrogens is 1670 g/mol. The van der Waals surface area contributed by atoms with Crippen LogP contribution in [0.3, 0.4) is 0 Å². The van der Waals surface area contributed by atoms with Crippen LogP contribution >= 0.6 is 0 Å². The van der Waals surface area contributed by atoms with E-state index in [2.05, 4.69) is 79.8 Å². The van der Waals surface area contributed by atoms with Gasteiger partial charge in [0.2, 0.25) is 100 Å². The standard InChI is InChI=1S/C85H133N21O22/c1-10-49(6)68(69(89)115)104-72(118)55(32-34-64(87)109)96-77(123)62(45-67(113)114)101-70(116)53(31-25-39-92-83(90)91)94-74(120)58(41-48(4)5)102-81(127)84(8)36-22-13-11-12-14-23-37-85(9,82(128)103-63(46-107)78(124)99-59(42-51-26-17-15-18-27-51)75(121)100-60(80(126)106-84)43-52-28-19-16-20-29-52)105-79(125)54(30-21-24-38-86)95-73(119)57(40-47(2)3)98-71(117)56(33-35-66(111)112)97-76(122)61(44-65(88)110)93-50(7)108/h11-12,15-20,26-29,47-49,53-63,68,107H,10,13-14,21-25,30-46,86H2,1-9H3,(H2,87,109)(H2,88,110)(H2,89,115)(H,93,108)(H,94,120)(H,95,119)(H,96,123)(H,97,122)(H,98,117)(H,99,124)(H,100,121)(H,101,116)(H,102,127)(H,103,128)(H,104,118)(H,105,125)(H,106,126)(H,111,112)(H,113,114)(H4,90,91,92)/b12-11-/t49-,53-,54-,55-,56-,57-,58-,59-,60-,61-,62-,63-,68-,84-,85-/m0/s1. The number of aliphatic hydroxyl groups excluding tert-OH is 1. The first-order chi connectivity index (χ1) is 60.2. The van der Waals surface area contributed by atoms with Gasteiger partial charge in [-0.1, -0.05) is 121 Å². The number of carboxylic acids is 2. The lowest BCUT2D eigenvalue weighted by molar-refractivity contribution is -0.142. The SMILES string of the molecule is CC[C@H](C)[C@H](NC(=O)[C@H](CCC(N)=O)NC(=O)[C@H](CC(=O)O)NC(=O)[C@H](CCCNC(=N)N)NC(=O)[C@H](CC(C)C)NC(=O)[C@]1(C)CCC/C=C\CCC[C@](C)(NC(=O)[C@H](CCCCN)NC(=O)[C@H](CC(C)C)NC(=O)[C@H](CCC(=O)O)NC(=O)[C@H](CC(N)=O)NC(C)=O)C(=O)N[C@@H](CO)C(=O)N[C@@H](Cc2ccccc2)C(=O)N[C@@H](Cc2ccccc2)C(=O)N1)C(N)=O. The van der Waals surface area contributed by atoms with Gasteiger partial charge in [0, 0.05) is 39.2 Å². The number of rotatable bonds is 49. The lowest BCUT2D eigenvalue weighted by Gasteiger charge is -2.34. The van der Waals surface area contributed by atoms with Crippen molar-refractivity contribution in [2.75, 3.05) is 19.7 Å². The molecule has 1 heterocycles. The molecule has 0 fully saturated rings. The van der Waals surface area contributed by atoms with E-state index >= 15 is 28.8 Å². The summed E-state index contributed by atoms with van der Waals surface area (Å²) < 4.78 is 0. The number of aliphatic carboxylic acids is 2. The van der Waals surface area contributed by atoms with Crippen molar-refractivity contribution in [2.45, 2.75) is 287 Å². The van der Waals surface area contributed by atoms with Crippen molar-refractivity contribution >= 4 is 118 Å². The minimum atomic E-state index is -2.03. The molecule has 43 heteroatoms. The molecule has 710 valence electrons. The molecule has 43 nitrogen and oxygen atoms in total. The minimum Gasteiger partial charge on any atom is -0.481 e. The fraction of sp³-hybridized carbons (Fsp3) is 0.600. The van der Waals surface area contributed by atoms with Crippen LogP contribution in [0, 0.1) is 23.2 Å². The molecule has 2 aromatic rings. The summed E-state index contributed by atoms with van der Waals surface area (Å²) in [7, 11) is 0. The molecule has 0 aliphatic carbocycles. The second-order valence-electron chi connectivity index (χ2n) is 33.3. The number of unbranched alkanes of at least 4 members (excludes halogenated alkanes) is 1. The number of guanidine groups is 1. The Morgan fingerprint density at radius 2 is 0.938 bits per heavy atom. The van der Waals surface area contributed by atoms with Crippen LogP contribution in [0.5, 0.6) is 0 Å². The van der Waals surface area contributed by atoms with Gasteiger partial charge in [0.15, 0.2) is 5.96 Å². The van der Waals surface area contributed by atoms with Crippen LogP contribution in [-0.4, -0.2) is 237 Å². The average molecular weight is 1800 g/mol. The predicted molar refractivity (Wildman–Crippen MR) is 467 cm³/mol. The minimum absolute atomic E-state index is 0.0319. The summed E-state index contributed by atoms with van der Waals surface area (Å²) >= 11 is 0. The van der Waals surface area contributed by atoms with Crippen LogP contribution in [0.4, 0.5) is 0 Å². The van der Waals surface area contributed by atoms with Crippen LogP contribution < -0.4 is 108 Å².